The molecule has 0 fully saturated rings. The predicted molar refractivity (Wildman–Crippen MR) is 138 cm³/mol. The minimum Gasteiger partial charge on any atom is -0.497 e. The van der Waals surface area contributed by atoms with Gasteiger partial charge in [0.2, 0.25) is 11.8 Å². The first-order valence-electron chi connectivity index (χ1n) is 10.6. The third-order valence-electron chi connectivity index (χ3n) is 5.21. The van der Waals surface area contributed by atoms with Crippen molar-refractivity contribution in [2.75, 3.05) is 12.4 Å². The molecule has 8 heteroatoms. The molecule has 174 valence electrons. The molecule has 0 spiro atoms. The number of hydrogen-bond acceptors (Lipinski definition) is 5. The van der Waals surface area contributed by atoms with E-state index >= 15 is 0 Å². The summed E-state index contributed by atoms with van der Waals surface area (Å²) in [6, 6.07) is 21.5. The molecule has 0 saturated heterocycles. The number of furan rings is 1. The van der Waals surface area contributed by atoms with Crippen LogP contribution in [-0.4, -0.2) is 18.0 Å². The summed E-state index contributed by atoms with van der Waals surface area (Å²) in [6.45, 7) is 0. The molecule has 5 aromatic rings. The fourth-order valence-corrected chi connectivity index (χ4v) is 3.90. The Morgan fingerprint density at radius 1 is 1.00 bits per heavy atom. The van der Waals surface area contributed by atoms with E-state index in [2.05, 4.69) is 10.3 Å². The molecule has 0 radical (unpaired) electrons. The number of hydrogen-bond donors (Lipinski definition) is 1. The fraction of sp³-hybridized carbons (Fsp3) is 0.0370. The van der Waals surface area contributed by atoms with Crippen LogP contribution in [0.5, 0.6) is 5.75 Å². The minimum absolute atomic E-state index is 0.320. The van der Waals surface area contributed by atoms with E-state index in [1.54, 1.807) is 55.7 Å². The van der Waals surface area contributed by atoms with Gasteiger partial charge in [-0.05, 0) is 66.7 Å². The van der Waals surface area contributed by atoms with Crippen LogP contribution in [0.25, 0.3) is 40.0 Å². The van der Waals surface area contributed by atoms with E-state index in [1.807, 2.05) is 30.3 Å². The van der Waals surface area contributed by atoms with Crippen LogP contribution in [0.1, 0.15) is 5.76 Å². The van der Waals surface area contributed by atoms with Crippen molar-refractivity contribution in [2.24, 2.45) is 0 Å². The lowest BCUT2D eigenvalue weighted by Gasteiger charge is -2.02. The first-order chi connectivity index (χ1) is 17.0. The molecular weight excluding hydrogens is 487 g/mol. The summed E-state index contributed by atoms with van der Waals surface area (Å²) in [7, 11) is 1.61. The number of methoxy groups -OCH3 is 1. The summed E-state index contributed by atoms with van der Waals surface area (Å²) >= 11 is 12.3. The third kappa shape index (κ3) is 4.94. The van der Waals surface area contributed by atoms with E-state index < -0.39 is 0 Å². The highest BCUT2D eigenvalue weighted by Crippen LogP contribution is 2.34. The Balaban J connectivity index is 1.29. The molecule has 0 saturated carbocycles. The van der Waals surface area contributed by atoms with Crippen molar-refractivity contribution in [3.05, 3.63) is 94.7 Å². The Morgan fingerprint density at radius 3 is 2.71 bits per heavy atom. The van der Waals surface area contributed by atoms with E-state index in [9.17, 15) is 4.79 Å². The summed E-state index contributed by atoms with van der Waals surface area (Å²) in [5, 5.41) is 3.67. The van der Waals surface area contributed by atoms with E-state index in [0.29, 0.717) is 55.6 Å². The number of amides is 1. The molecule has 0 aliphatic carbocycles. The number of aromatic nitrogens is 1. The summed E-state index contributed by atoms with van der Waals surface area (Å²) in [4.78, 5) is 17.0. The molecule has 0 atom stereocenters. The number of carbonyl (C=O) groups is 1. The Morgan fingerprint density at radius 2 is 1.86 bits per heavy atom. The zero-order valence-electron chi connectivity index (χ0n) is 18.4. The number of halogens is 2. The number of rotatable bonds is 6. The zero-order valence-corrected chi connectivity index (χ0v) is 19.9. The van der Waals surface area contributed by atoms with Gasteiger partial charge in [-0.3, -0.25) is 4.79 Å². The lowest BCUT2D eigenvalue weighted by atomic mass is 10.2. The van der Waals surface area contributed by atoms with Crippen LogP contribution in [0.15, 0.2) is 87.7 Å². The summed E-state index contributed by atoms with van der Waals surface area (Å²) in [6.07, 6.45) is 2.96. The molecule has 0 bridgehead atoms. The normalized spacial score (nSPS) is 11.3. The highest BCUT2D eigenvalue weighted by atomic mass is 35.5. The molecule has 6 nitrogen and oxygen atoms in total. The van der Waals surface area contributed by atoms with Gasteiger partial charge >= 0.3 is 0 Å². The van der Waals surface area contributed by atoms with Crippen molar-refractivity contribution in [3.63, 3.8) is 0 Å². The van der Waals surface area contributed by atoms with Crippen LogP contribution in [0.4, 0.5) is 5.69 Å². The number of fused-ring (bicyclic) bond motifs is 1. The Hall–Kier alpha value is -4.00. The average molecular weight is 505 g/mol. The maximum absolute atomic E-state index is 12.5. The highest BCUT2D eigenvalue weighted by Gasteiger charge is 2.12. The topological polar surface area (TPSA) is 77.5 Å². The minimum atomic E-state index is -0.320. The van der Waals surface area contributed by atoms with Gasteiger partial charge < -0.3 is 18.9 Å². The predicted octanol–water partition coefficient (Wildman–Crippen LogP) is 7.72. The monoisotopic (exact) mass is 504 g/mol. The van der Waals surface area contributed by atoms with Crippen LogP contribution in [-0.2, 0) is 4.79 Å². The number of anilines is 1. The second-order valence-electron chi connectivity index (χ2n) is 7.56. The van der Waals surface area contributed by atoms with E-state index in [-0.39, 0.29) is 5.91 Å². The molecular formula is C27H18Cl2N2O4. The van der Waals surface area contributed by atoms with Crippen molar-refractivity contribution >= 4 is 52.0 Å². The molecule has 1 amide bonds. The second kappa shape index (κ2) is 9.70. The van der Waals surface area contributed by atoms with E-state index in [0.717, 1.165) is 5.56 Å². The quantitative estimate of drug-likeness (QED) is 0.239. The van der Waals surface area contributed by atoms with Gasteiger partial charge in [0.05, 0.1) is 17.2 Å². The van der Waals surface area contributed by atoms with Crippen LogP contribution in [0.3, 0.4) is 0 Å². The number of carbonyl (C=O) groups excluding carboxylic acids is 1. The van der Waals surface area contributed by atoms with Crippen molar-refractivity contribution in [1.82, 2.24) is 4.98 Å². The van der Waals surface area contributed by atoms with Gasteiger partial charge in [-0.15, -0.1) is 0 Å². The van der Waals surface area contributed by atoms with Crippen molar-refractivity contribution in [2.45, 2.75) is 0 Å². The first-order valence-corrected chi connectivity index (χ1v) is 11.3. The smallest absolute Gasteiger partial charge is 0.248 e. The first kappa shape index (κ1) is 22.8. The largest absolute Gasteiger partial charge is 0.497 e. The Kier molecular flexibility index (Phi) is 6.31. The van der Waals surface area contributed by atoms with Gasteiger partial charge in [0.1, 0.15) is 22.8 Å². The number of nitrogens with zero attached hydrogens (tertiary/aromatic N) is 1. The van der Waals surface area contributed by atoms with Gasteiger partial charge in [-0.1, -0.05) is 35.3 Å². The van der Waals surface area contributed by atoms with E-state index in [4.69, 9.17) is 36.8 Å². The molecule has 2 aromatic heterocycles. The van der Waals surface area contributed by atoms with Crippen LogP contribution in [0, 0.1) is 0 Å². The number of benzene rings is 3. The molecule has 1 N–H and O–H groups in total. The van der Waals surface area contributed by atoms with Crippen molar-refractivity contribution < 1.29 is 18.4 Å². The molecule has 35 heavy (non-hydrogen) atoms. The molecule has 0 aliphatic rings. The second-order valence-corrected chi connectivity index (χ2v) is 8.34. The standard InChI is InChI=1S/C27H18Cl2N2O4/c1-33-19-5-2-4-16(14-19)27-31-22-15-17(8-11-24(22)35-27)30-25(32)13-10-18-9-12-23(34-18)20-6-3-7-21(28)26(20)29/h2-15H,1H3,(H,30,32)/b13-10+. The lowest BCUT2D eigenvalue weighted by Crippen LogP contribution is -2.07. The van der Waals surface area contributed by atoms with Gasteiger partial charge in [0.25, 0.3) is 0 Å². The van der Waals surface area contributed by atoms with Gasteiger partial charge in [-0.25, -0.2) is 4.98 Å². The number of nitrogens with one attached hydrogen (secondary N) is 1. The maximum Gasteiger partial charge on any atom is 0.248 e. The Bertz CT molecular complexity index is 1570. The maximum atomic E-state index is 12.5. The summed E-state index contributed by atoms with van der Waals surface area (Å²) in [5.41, 5.74) is 3.30. The van der Waals surface area contributed by atoms with Gasteiger partial charge in [0.15, 0.2) is 5.58 Å². The van der Waals surface area contributed by atoms with Gasteiger partial charge in [0, 0.05) is 22.9 Å². The van der Waals surface area contributed by atoms with Crippen LogP contribution >= 0.6 is 23.2 Å². The highest BCUT2D eigenvalue weighted by molar-refractivity contribution is 6.43. The van der Waals surface area contributed by atoms with Crippen molar-refractivity contribution in [3.8, 4) is 28.5 Å². The van der Waals surface area contributed by atoms with Crippen LogP contribution in [0.2, 0.25) is 10.0 Å². The molecule has 0 aliphatic heterocycles. The molecule has 5 rings (SSSR count). The Labute approximate surface area is 210 Å². The van der Waals surface area contributed by atoms with Crippen LogP contribution < -0.4 is 10.1 Å². The number of oxazole rings is 1. The molecule has 3 aromatic carbocycles. The van der Waals surface area contributed by atoms with Crippen molar-refractivity contribution in [1.29, 1.82) is 0 Å². The lowest BCUT2D eigenvalue weighted by molar-refractivity contribution is -0.111. The SMILES string of the molecule is COc1cccc(-c2nc3cc(NC(=O)/C=C/c4ccc(-c5cccc(Cl)c5Cl)o4)ccc3o2)c1. The zero-order chi connectivity index (χ0) is 24.4. The molecule has 0 unspecified atom stereocenters. The summed E-state index contributed by atoms with van der Waals surface area (Å²) < 4.78 is 16.9. The van der Waals surface area contributed by atoms with E-state index in [1.165, 1.54) is 6.08 Å². The fourth-order valence-electron chi connectivity index (χ4n) is 3.51. The average Bonchev–Trinajstić information content (AvgIpc) is 3.51. The van der Waals surface area contributed by atoms with Gasteiger partial charge in [-0.2, -0.15) is 0 Å². The third-order valence-corrected chi connectivity index (χ3v) is 6.03. The molecule has 2 heterocycles. The summed E-state index contributed by atoms with van der Waals surface area (Å²) in [5.74, 6) is 1.92. The number of ether oxygens (including phenoxy) is 1.